The number of nitrogens with zero attached hydrogens (tertiary/aromatic N) is 4. The molecule has 3 rings (SSSR count). The van der Waals surface area contributed by atoms with Crippen molar-refractivity contribution in [2.24, 2.45) is 0 Å². The number of anilines is 1. The van der Waals surface area contributed by atoms with Crippen LogP contribution < -0.4 is 4.90 Å². The van der Waals surface area contributed by atoms with Crippen molar-refractivity contribution < 1.29 is 9.72 Å². The van der Waals surface area contributed by atoms with Gasteiger partial charge in [-0.3, -0.25) is 19.8 Å². The molecule has 0 saturated heterocycles. The summed E-state index contributed by atoms with van der Waals surface area (Å²) in [5.74, 6) is -0.391. The molecule has 0 spiro atoms. The monoisotopic (exact) mass is 482 g/mol. The van der Waals surface area contributed by atoms with Gasteiger partial charge < -0.3 is 4.90 Å². The number of amides is 1. The second kappa shape index (κ2) is 10.9. The van der Waals surface area contributed by atoms with E-state index in [1.807, 2.05) is 31.1 Å². The number of aromatic nitrogens is 1. The summed E-state index contributed by atoms with van der Waals surface area (Å²) in [5.41, 5.74) is 1.95. The zero-order chi connectivity index (χ0) is 21.8. The van der Waals surface area contributed by atoms with E-state index in [1.165, 1.54) is 35.1 Å². The van der Waals surface area contributed by atoms with Gasteiger partial charge in [0, 0.05) is 18.7 Å². The summed E-state index contributed by atoms with van der Waals surface area (Å²) < 4.78 is 1.000. The van der Waals surface area contributed by atoms with Crippen LogP contribution in [0.15, 0.2) is 36.4 Å². The number of thiazole rings is 1. The lowest BCUT2D eigenvalue weighted by molar-refractivity contribution is -0.384. The Bertz CT molecular complexity index is 1090. The van der Waals surface area contributed by atoms with Crippen LogP contribution in [0.1, 0.15) is 29.3 Å². The van der Waals surface area contributed by atoms with Crippen molar-refractivity contribution in [1.29, 1.82) is 0 Å². The lowest BCUT2D eigenvalue weighted by atomic mass is 10.1. The number of carbonyl (C=O) groups is 1. The number of nitro groups is 1. The number of hydrogen-bond donors (Lipinski definition) is 0. The maximum Gasteiger partial charge on any atom is 0.270 e. The highest BCUT2D eigenvalue weighted by Crippen LogP contribution is 2.32. The zero-order valence-electron chi connectivity index (χ0n) is 17.5. The molecule has 1 amide bonds. The first-order valence-electron chi connectivity index (χ1n) is 9.60. The highest BCUT2D eigenvalue weighted by Gasteiger charge is 2.25. The third-order valence-corrected chi connectivity index (χ3v) is 6.07. The molecule has 0 fully saturated rings. The van der Waals surface area contributed by atoms with E-state index in [-0.39, 0.29) is 28.7 Å². The van der Waals surface area contributed by atoms with Gasteiger partial charge in [0.15, 0.2) is 5.13 Å². The summed E-state index contributed by atoms with van der Waals surface area (Å²) in [4.78, 5) is 32.3. The molecule has 0 aliphatic rings. The van der Waals surface area contributed by atoms with Crippen LogP contribution in [-0.2, 0) is 6.42 Å². The molecule has 0 N–H and O–H groups in total. The van der Waals surface area contributed by atoms with Gasteiger partial charge in [0.1, 0.15) is 0 Å². The van der Waals surface area contributed by atoms with Crippen LogP contribution in [0, 0.1) is 10.1 Å². The topological polar surface area (TPSA) is 79.6 Å². The van der Waals surface area contributed by atoms with E-state index in [0.29, 0.717) is 11.7 Å². The summed E-state index contributed by atoms with van der Waals surface area (Å²) in [7, 11) is 3.93. The van der Waals surface area contributed by atoms with Crippen molar-refractivity contribution in [3.63, 3.8) is 0 Å². The van der Waals surface area contributed by atoms with Gasteiger partial charge in [0.25, 0.3) is 11.6 Å². The van der Waals surface area contributed by atoms with E-state index in [4.69, 9.17) is 11.6 Å². The first-order chi connectivity index (χ1) is 14.3. The standard InChI is InChI=1S/C21H23ClN4O3S.ClH/c1-4-14-6-9-18-19(12-14)30-21(23-18)25(11-5-10-24(2)3)20(27)16-13-15(26(28)29)7-8-17(16)22;/h6-9,12-13H,4-5,10-11H2,1-3H3;1H. The third kappa shape index (κ3) is 5.92. The summed E-state index contributed by atoms with van der Waals surface area (Å²) in [6.45, 7) is 3.30. The van der Waals surface area contributed by atoms with Gasteiger partial charge in [-0.15, -0.1) is 12.4 Å². The molecule has 2 aromatic carbocycles. The Labute approximate surface area is 196 Å². The summed E-state index contributed by atoms with van der Waals surface area (Å²) in [5, 5.41) is 11.9. The maximum absolute atomic E-state index is 13.4. The lowest BCUT2D eigenvalue weighted by Crippen LogP contribution is -2.33. The average Bonchev–Trinajstić information content (AvgIpc) is 3.13. The molecule has 0 saturated carbocycles. The molecule has 3 aromatic rings. The SMILES string of the molecule is CCc1ccc2nc(N(CCCN(C)C)C(=O)c3cc([N+](=O)[O-])ccc3Cl)sc2c1.Cl. The molecule has 10 heteroatoms. The predicted octanol–water partition coefficient (Wildman–Crippen LogP) is 5.44. The fourth-order valence-corrected chi connectivity index (χ4v) is 4.31. The van der Waals surface area contributed by atoms with Gasteiger partial charge in [0.05, 0.1) is 25.7 Å². The van der Waals surface area contributed by atoms with Crippen LogP contribution in [0.25, 0.3) is 10.2 Å². The number of carbonyl (C=O) groups excluding carboxylic acids is 1. The lowest BCUT2D eigenvalue weighted by Gasteiger charge is -2.21. The number of rotatable bonds is 8. The van der Waals surface area contributed by atoms with E-state index in [9.17, 15) is 14.9 Å². The van der Waals surface area contributed by atoms with Gasteiger partial charge in [-0.2, -0.15) is 0 Å². The minimum Gasteiger partial charge on any atom is -0.309 e. The van der Waals surface area contributed by atoms with Crippen LogP contribution in [0.2, 0.25) is 5.02 Å². The second-order valence-corrected chi connectivity index (χ2v) is 8.60. The number of hydrogen-bond acceptors (Lipinski definition) is 6. The number of benzene rings is 2. The highest BCUT2D eigenvalue weighted by atomic mass is 35.5. The van der Waals surface area contributed by atoms with Crippen molar-refractivity contribution in [1.82, 2.24) is 9.88 Å². The average molecular weight is 483 g/mol. The molecule has 0 bridgehead atoms. The molecule has 1 aromatic heterocycles. The minimum absolute atomic E-state index is 0. The Morgan fingerprint density at radius 3 is 2.58 bits per heavy atom. The van der Waals surface area contributed by atoms with Gasteiger partial charge in [0.2, 0.25) is 0 Å². The first-order valence-corrected chi connectivity index (χ1v) is 10.8. The van der Waals surface area contributed by atoms with Crippen LogP contribution in [0.4, 0.5) is 10.8 Å². The van der Waals surface area contributed by atoms with Crippen molar-refractivity contribution in [3.8, 4) is 0 Å². The Morgan fingerprint density at radius 2 is 1.94 bits per heavy atom. The molecule has 0 atom stereocenters. The number of aryl methyl sites for hydroxylation is 1. The molecule has 0 aliphatic carbocycles. The van der Waals surface area contributed by atoms with Crippen LogP contribution >= 0.6 is 35.3 Å². The number of halogens is 2. The second-order valence-electron chi connectivity index (χ2n) is 7.19. The number of nitro benzene ring substituents is 1. The quantitative estimate of drug-likeness (QED) is 0.315. The van der Waals surface area contributed by atoms with Gasteiger partial charge in [-0.25, -0.2) is 4.98 Å². The van der Waals surface area contributed by atoms with Crippen molar-refractivity contribution in [3.05, 3.63) is 62.7 Å². The zero-order valence-corrected chi connectivity index (χ0v) is 19.9. The smallest absolute Gasteiger partial charge is 0.270 e. The number of non-ortho nitro benzene ring substituents is 1. The minimum atomic E-state index is -0.534. The van der Waals surface area contributed by atoms with E-state index in [0.717, 1.165) is 29.6 Å². The van der Waals surface area contributed by atoms with Crippen molar-refractivity contribution in [2.45, 2.75) is 19.8 Å². The normalized spacial score (nSPS) is 10.9. The Kier molecular flexibility index (Phi) is 8.76. The molecule has 0 aliphatic heterocycles. The number of fused-ring (bicyclic) bond motifs is 1. The van der Waals surface area contributed by atoms with Crippen molar-refractivity contribution in [2.75, 3.05) is 32.1 Å². The summed E-state index contributed by atoms with van der Waals surface area (Å²) in [6, 6.07) is 9.97. The van der Waals surface area contributed by atoms with Crippen LogP contribution in [-0.4, -0.2) is 47.9 Å². The molecule has 0 unspecified atom stereocenters. The fraction of sp³-hybridized carbons (Fsp3) is 0.333. The fourth-order valence-electron chi connectivity index (χ4n) is 3.06. The molecule has 1 heterocycles. The van der Waals surface area contributed by atoms with Crippen LogP contribution in [0.3, 0.4) is 0 Å². The highest BCUT2D eigenvalue weighted by molar-refractivity contribution is 7.22. The Hall–Kier alpha value is -2.26. The summed E-state index contributed by atoms with van der Waals surface area (Å²) in [6.07, 6.45) is 1.64. The Balaban J connectivity index is 0.00000341. The van der Waals surface area contributed by atoms with Crippen LogP contribution in [0.5, 0.6) is 0 Å². The van der Waals surface area contributed by atoms with Gasteiger partial charge >= 0.3 is 0 Å². The predicted molar refractivity (Wildman–Crippen MR) is 129 cm³/mol. The molecular weight excluding hydrogens is 459 g/mol. The van der Waals surface area contributed by atoms with Gasteiger partial charge in [-0.1, -0.05) is 35.9 Å². The molecule has 0 radical (unpaired) electrons. The molecule has 166 valence electrons. The third-order valence-electron chi connectivity index (χ3n) is 4.70. The van der Waals surface area contributed by atoms with E-state index in [2.05, 4.69) is 18.0 Å². The van der Waals surface area contributed by atoms with E-state index < -0.39 is 10.8 Å². The largest absolute Gasteiger partial charge is 0.309 e. The van der Waals surface area contributed by atoms with Crippen molar-refractivity contribution >= 4 is 62.3 Å². The Morgan fingerprint density at radius 1 is 1.19 bits per heavy atom. The van der Waals surface area contributed by atoms with Gasteiger partial charge in [-0.05, 0) is 57.2 Å². The first kappa shape index (κ1) is 25.0. The van der Waals surface area contributed by atoms with E-state index in [1.54, 1.807) is 4.90 Å². The summed E-state index contributed by atoms with van der Waals surface area (Å²) >= 11 is 7.67. The molecule has 31 heavy (non-hydrogen) atoms. The maximum atomic E-state index is 13.4. The van der Waals surface area contributed by atoms with E-state index >= 15 is 0 Å². The molecule has 7 nitrogen and oxygen atoms in total. The molecular formula is C21H24Cl2N4O3S.